The zero-order valence-electron chi connectivity index (χ0n) is 10.7. The van der Waals surface area contributed by atoms with E-state index in [0.29, 0.717) is 6.42 Å². The Balaban J connectivity index is 2.20. The fourth-order valence-corrected chi connectivity index (χ4v) is 3.88. The van der Waals surface area contributed by atoms with Crippen LogP contribution in [0.25, 0.3) is 0 Å². The van der Waals surface area contributed by atoms with Crippen molar-refractivity contribution in [2.45, 2.75) is 11.5 Å². The van der Waals surface area contributed by atoms with Crippen molar-refractivity contribution < 1.29 is 22.7 Å². The van der Waals surface area contributed by atoms with Gasteiger partial charge in [0.25, 0.3) is 10.0 Å². The van der Waals surface area contributed by atoms with E-state index in [9.17, 15) is 13.2 Å². The van der Waals surface area contributed by atoms with E-state index < -0.39 is 22.5 Å². The van der Waals surface area contributed by atoms with Gasteiger partial charge in [0, 0.05) is 11.4 Å². The zero-order chi connectivity index (χ0) is 15.5. The molecule has 0 aliphatic heterocycles. The van der Waals surface area contributed by atoms with Crippen molar-refractivity contribution in [1.82, 2.24) is 4.31 Å². The molecule has 2 heterocycles. The van der Waals surface area contributed by atoms with Gasteiger partial charge in [0.1, 0.15) is 6.54 Å². The van der Waals surface area contributed by atoms with Crippen LogP contribution in [-0.2, 0) is 21.2 Å². The summed E-state index contributed by atoms with van der Waals surface area (Å²) in [5.74, 6) is -1.23. The minimum atomic E-state index is -4.02. The van der Waals surface area contributed by atoms with Crippen molar-refractivity contribution in [1.29, 1.82) is 0 Å². The molecule has 0 atom stereocenters. The molecule has 0 aliphatic rings. The smallest absolute Gasteiger partial charge is 0.318 e. The minimum Gasteiger partial charge on any atom is -0.480 e. The Morgan fingerprint density at radius 2 is 2.14 bits per heavy atom. The topological polar surface area (TPSA) is 87.8 Å². The summed E-state index contributed by atoms with van der Waals surface area (Å²) in [5, 5.41) is 10.3. The molecule has 6 nitrogen and oxygen atoms in total. The predicted octanol–water partition coefficient (Wildman–Crippen LogP) is 2.31. The van der Waals surface area contributed by atoms with E-state index in [1.807, 2.05) is 17.5 Å². The first-order chi connectivity index (χ1) is 9.89. The van der Waals surface area contributed by atoms with Crippen LogP contribution in [0.2, 0.25) is 5.22 Å². The highest BCUT2D eigenvalue weighted by Crippen LogP contribution is 2.22. The van der Waals surface area contributed by atoms with Gasteiger partial charge in [-0.25, -0.2) is 8.42 Å². The Bertz CT molecular complexity index is 708. The first-order valence-electron chi connectivity index (χ1n) is 5.89. The molecule has 0 fully saturated rings. The van der Waals surface area contributed by atoms with Crippen LogP contribution in [0, 0.1) is 0 Å². The molecular weight excluding hydrogens is 338 g/mol. The van der Waals surface area contributed by atoms with Crippen LogP contribution in [0.4, 0.5) is 0 Å². The number of carbonyl (C=O) groups is 1. The molecule has 21 heavy (non-hydrogen) atoms. The van der Waals surface area contributed by atoms with Crippen LogP contribution in [0.5, 0.6) is 0 Å². The van der Waals surface area contributed by atoms with Gasteiger partial charge in [-0.15, -0.1) is 11.3 Å². The summed E-state index contributed by atoms with van der Waals surface area (Å²) < 4.78 is 30.5. The average molecular weight is 350 g/mol. The largest absolute Gasteiger partial charge is 0.480 e. The van der Waals surface area contributed by atoms with Crippen molar-refractivity contribution >= 4 is 38.9 Å². The predicted molar refractivity (Wildman–Crippen MR) is 78.1 cm³/mol. The molecule has 0 radical (unpaired) electrons. The lowest BCUT2D eigenvalue weighted by atomic mass is 10.3. The molecule has 1 N–H and O–H groups in total. The molecule has 2 rings (SSSR count). The van der Waals surface area contributed by atoms with Gasteiger partial charge in [-0.05, 0) is 41.6 Å². The molecule has 0 saturated heterocycles. The van der Waals surface area contributed by atoms with Crippen molar-refractivity contribution in [3.63, 3.8) is 0 Å². The number of rotatable bonds is 7. The number of halogens is 1. The highest BCUT2D eigenvalue weighted by atomic mass is 35.5. The zero-order valence-corrected chi connectivity index (χ0v) is 13.1. The Morgan fingerprint density at radius 1 is 1.38 bits per heavy atom. The maximum absolute atomic E-state index is 12.4. The molecule has 9 heteroatoms. The van der Waals surface area contributed by atoms with Crippen LogP contribution in [-0.4, -0.2) is 36.9 Å². The average Bonchev–Trinajstić information content (AvgIpc) is 3.05. The number of thiophene rings is 1. The number of carboxylic acid groups (broad SMARTS) is 1. The van der Waals surface area contributed by atoms with E-state index in [0.717, 1.165) is 9.18 Å². The first-order valence-corrected chi connectivity index (χ1v) is 8.59. The van der Waals surface area contributed by atoms with Gasteiger partial charge in [-0.2, -0.15) is 4.31 Å². The molecule has 2 aromatic rings. The SMILES string of the molecule is O=C(O)CN(CCc1cccs1)S(=O)(=O)c1ccc(Cl)o1. The standard InChI is InChI=1S/C12H12ClNO5S2/c13-10-3-4-12(19-10)21(17,18)14(8-11(15)16)6-5-9-2-1-7-20-9/h1-4,7H,5-6,8H2,(H,15,16). The summed E-state index contributed by atoms with van der Waals surface area (Å²) >= 11 is 7.05. The lowest BCUT2D eigenvalue weighted by Gasteiger charge is -2.18. The molecule has 0 aliphatic carbocycles. The maximum atomic E-state index is 12.4. The van der Waals surface area contributed by atoms with E-state index in [4.69, 9.17) is 21.1 Å². The number of sulfonamides is 1. The highest BCUT2D eigenvalue weighted by molar-refractivity contribution is 7.89. The summed E-state index contributed by atoms with van der Waals surface area (Å²) in [4.78, 5) is 11.9. The number of hydrogen-bond acceptors (Lipinski definition) is 5. The third-order valence-corrected chi connectivity index (χ3v) is 5.50. The summed E-state index contributed by atoms with van der Waals surface area (Å²) in [7, 11) is -4.02. The molecule has 0 spiro atoms. The fraction of sp³-hybridized carbons (Fsp3) is 0.250. The van der Waals surface area contributed by atoms with Gasteiger partial charge < -0.3 is 9.52 Å². The quantitative estimate of drug-likeness (QED) is 0.828. The summed E-state index contributed by atoms with van der Waals surface area (Å²) in [6.07, 6.45) is 0.429. The molecule has 0 saturated carbocycles. The molecular formula is C12H12ClNO5S2. The van der Waals surface area contributed by atoms with Gasteiger partial charge >= 0.3 is 5.97 Å². The van der Waals surface area contributed by atoms with Crippen molar-refractivity contribution in [3.05, 3.63) is 39.7 Å². The highest BCUT2D eigenvalue weighted by Gasteiger charge is 2.29. The maximum Gasteiger partial charge on any atom is 0.318 e. The minimum absolute atomic E-state index is 0.0491. The van der Waals surface area contributed by atoms with E-state index in [1.54, 1.807) is 0 Å². The lowest BCUT2D eigenvalue weighted by Crippen LogP contribution is -2.37. The molecule has 2 aromatic heterocycles. The van der Waals surface area contributed by atoms with E-state index in [1.165, 1.54) is 23.5 Å². The normalized spacial score (nSPS) is 11.9. The first kappa shape index (κ1) is 16.0. The summed E-state index contributed by atoms with van der Waals surface area (Å²) in [5.41, 5.74) is 0. The number of carboxylic acids is 1. The van der Waals surface area contributed by atoms with Gasteiger partial charge in [0.2, 0.25) is 5.09 Å². The second-order valence-electron chi connectivity index (χ2n) is 4.12. The Morgan fingerprint density at radius 3 is 2.67 bits per heavy atom. The Hall–Kier alpha value is -1.35. The van der Waals surface area contributed by atoms with Gasteiger partial charge in [0.05, 0.1) is 0 Å². The Kier molecular flexibility index (Phi) is 5.04. The number of nitrogens with zero attached hydrogens (tertiary/aromatic N) is 1. The summed E-state index contributed by atoms with van der Waals surface area (Å²) in [6.45, 7) is -0.584. The molecule has 0 aromatic carbocycles. The number of aliphatic carboxylic acids is 1. The third-order valence-electron chi connectivity index (χ3n) is 2.64. The second-order valence-corrected chi connectivity index (χ2v) is 7.39. The molecule has 0 unspecified atom stereocenters. The van der Waals surface area contributed by atoms with Crippen LogP contribution >= 0.6 is 22.9 Å². The monoisotopic (exact) mass is 349 g/mol. The Labute approximate surface area is 130 Å². The van der Waals surface area contributed by atoms with Gasteiger partial charge in [-0.1, -0.05) is 6.07 Å². The van der Waals surface area contributed by atoms with Crippen LogP contribution < -0.4 is 0 Å². The van der Waals surface area contributed by atoms with Crippen molar-refractivity contribution in [2.24, 2.45) is 0 Å². The van der Waals surface area contributed by atoms with Crippen LogP contribution in [0.1, 0.15) is 4.88 Å². The van der Waals surface area contributed by atoms with Gasteiger partial charge in [0.15, 0.2) is 5.22 Å². The third kappa shape index (κ3) is 4.07. The van der Waals surface area contributed by atoms with E-state index in [2.05, 4.69) is 0 Å². The van der Waals surface area contributed by atoms with Crippen molar-refractivity contribution in [2.75, 3.05) is 13.1 Å². The molecule has 0 bridgehead atoms. The van der Waals surface area contributed by atoms with E-state index >= 15 is 0 Å². The van der Waals surface area contributed by atoms with Crippen LogP contribution in [0.3, 0.4) is 0 Å². The lowest BCUT2D eigenvalue weighted by molar-refractivity contribution is -0.137. The summed E-state index contributed by atoms with van der Waals surface area (Å²) in [6, 6.07) is 6.21. The molecule has 114 valence electrons. The second kappa shape index (κ2) is 6.61. The van der Waals surface area contributed by atoms with Crippen LogP contribution in [0.15, 0.2) is 39.2 Å². The van der Waals surface area contributed by atoms with Crippen molar-refractivity contribution in [3.8, 4) is 0 Å². The fourth-order valence-electron chi connectivity index (χ4n) is 1.69. The number of furan rings is 1. The van der Waals surface area contributed by atoms with Gasteiger partial charge in [-0.3, -0.25) is 4.79 Å². The number of hydrogen-bond donors (Lipinski definition) is 1. The van der Waals surface area contributed by atoms with E-state index in [-0.39, 0.29) is 16.9 Å². The molecule has 0 amide bonds.